The molecule has 0 saturated heterocycles. The Labute approximate surface area is 131 Å². The average Bonchev–Trinajstić information content (AvgIpc) is 2.49. The van der Waals surface area contributed by atoms with Crippen LogP contribution >= 0.6 is 11.8 Å². The van der Waals surface area contributed by atoms with Gasteiger partial charge in [0, 0.05) is 17.9 Å². The summed E-state index contributed by atoms with van der Waals surface area (Å²) in [5.41, 5.74) is 1.11. The zero-order valence-electron chi connectivity index (χ0n) is 12.9. The number of amides is 1. The molecule has 2 N–H and O–H groups in total. The van der Waals surface area contributed by atoms with Crippen LogP contribution < -0.4 is 5.32 Å². The van der Waals surface area contributed by atoms with Crippen LogP contribution in [0.3, 0.4) is 0 Å². The Morgan fingerprint density at radius 1 is 1.43 bits per heavy atom. The predicted octanol–water partition coefficient (Wildman–Crippen LogP) is 3.22. The lowest BCUT2D eigenvalue weighted by Gasteiger charge is -2.34. The molecule has 0 radical (unpaired) electrons. The van der Waals surface area contributed by atoms with Gasteiger partial charge in [-0.25, -0.2) is 0 Å². The first-order chi connectivity index (χ1) is 10.0. The molecule has 2 rings (SSSR count). The Bertz CT molecular complexity index is 481. The van der Waals surface area contributed by atoms with Gasteiger partial charge in [0.2, 0.25) is 0 Å². The van der Waals surface area contributed by atoms with E-state index in [2.05, 4.69) is 12.2 Å². The van der Waals surface area contributed by atoms with E-state index in [9.17, 15) is 9.90 Å². The van der Waals surface area contributed by atoms with Crippen molar-refractivity contribution in [2.45, 2.75) is 44.0 Å². The van der Waals surface area contributed by atoms with Gasteiger partial charge in [0.05, 0.1) is 5.60 Å². The summed E-state index contributed by atoms with van der Waals surface area (Å²) in [5, 5.41) is 13.4. The minimum absolute atomic E-state index is 0.0926. The molecule has 1 aromatic rings. The van der Waals surface area contributed by atoms with Crippen molar-refractivity contribution in [2.75, 3.05) is 12.8 Å². The molecule has 1 amide bonds. The van der Waals surface area contributed by atoms with Crippen molar-refractivity contribution in [1.82, 2.24) is 5.32 Å². The molecule has 1 aliphatic rings. The zero-order valence-corrected chi connectivity index (χ0v) is 13.7. The first-order valence-corrected chi connectivity index (χ1v) is 9.00. The van der Waals surface area contributed by atoms with Gasteiger partial charge in [-0.3, -0.25) is 4.79 Å². The summed E-state index contributed by atoms with van der Waals surface area (Å²) >= 11 is 1.74. The Kier molecular flexibility index (Phi) is 5.71. The third kappa shape index (κ3) is 4.75. The van der Waals surface area contributed by atoms with E-state index in [-0.39, 0.29) is 5.91 Å². The summed E-state index contributed by atoms with van der Waals surface area (Å²) in [6.45, 7) is 2.57. The number of hydrogen-bond acceptors (Lipinski definition) is 3. The highest BCUT2D eigenvalue weighted by atomic mass is 32.2. The average molecular weight is 307 g/mol. The fourth-order valence-corrected chi connectivity index (χ4v) is 3.31. The van der Waals surface area contributed by atoms with Crippen molar-refractivity contribution in [2.24, 2.45) is 5.92 Å². The molecule has 1 aromatic carbocycles. The van der Waals surface area contributed by atoms with Crippen molar-refractivity contribution in [3.8, 4) is 0 Å². The molecule has 21 heavy (non-hydrogen) atoms. The lowest BCUT2D eigenvalue weighted by molar-refractivity contribution is -0.00539. The molecule has 0 aliphatic heterocycles. The molecule has 1 saturated carbocycles. The zero-order chi connectivity index (χ0) is 15.3. The monoisotopic (exact) mass is 307 g/mol. The number of carbonyl (C=O) groups excluding carboxylic acids is 1. The van der Waals surface area contributed by atoms with Crippen LogP contribution in [0.4, 0.5) is 0 Å². The lowest BCUT2D eigenvalue weighted by atomic mass is 9.79. The van der Waals surface area contributed by atoms with Crippen LogP contribution in [0.2, 0.25) is 0 Å². The third-order valence-corrected chi connectivity index (χ3v) is 4.91. The number of thioether (sulfide) groups is 1. The first-order valence-electron chi connectivity index (χ1n) is 7.61. The van der Waals surface area contributed by atoms with Gasteiger partial charge in [0.1, 0.15) is 0 Å². The van der Waals surface area contributed by atoms with E-state index in [0.717, 1.165) is 37.0 Å². The van der Waals surface area contributed by atoms with Gasteiger partial charge >= 0.3 is 0 Å². The molecular weight excluding hydrogens is 282 g/mol. The Hall–Kier alpha value is -1.00. The van der Waals surface area contributed by atoms with Crippen LogP contribution in [0, 0.1) is 5.92 Å². The highest BCUT2D eigenvalue weighted by molar-refractivity contribution is 7.97. The second-order valence-corrected chi connectivity index (χ2v) is 7.09. The number of hydrogen-bond donors (Lipinski definition) is 2. The smallest absolute Gasteiger partial charge is 0.251 e. The van der Waals surface area contributed by atoms with Crippen LogP contribution in [0.5, 0.6) is 0 Å². The van der Waals surface area contributed by atoms with E-state index >= 15 is 0 Å². The van der Waals surface area contributed by atoms with Gasteiger partial charge in [-0.2, -0.15) is 11.8 Å². The van der Waals surface area contributed by atoms with E-state index in [4.69, 9.17) is 0 Å². The molecule has 4 heteroatoms. The molecular formula is C17H25NO2S. The third-order valence-electron chi connectivity index (χ3n) is 4.28. The van der Waals surface area contributed by atoms with Crippen molar-refractivity contribution in [1.29, 1.82) is 0 Å². The Balaban J connectivity index is 1.91. The van der Waals surface area contributed by atoms with Gasteiger partial charge in [-0.15, -0.1) is 0 Å². The van der Waals surface area contributed by atoms with E-state index in [1.54, 1.807) is 11.8 Å². The fourth-order valence-electron chi connectivity index (χ4n) is 2.79. The van der Waals surface area contributed by atoms with E-state index in [0.29, 0.717) is 18.0 Å². The molecule has 0 bridgehead atoms. The van der Waals surface area contributed by atoms with Crippen LogP contribution in [-0.4, -0.2) is 29.4 Å². The van der Waals surface area contributed by atoms with Gasteiger partial charge < -0.3 is 10.4 Å². The molecule has 0 spiro atoms. The van der Waals surface area contributed by atoms with Crippen molar-refractivity contribution < 1.29 is 9.90 Å². The second-order valence-electron chi connectivity index (χ2n) is 6.22. The van der Waals surface area contributed by atoms with Crippen LogP contribution in [0.1, 0.15) is 48.5 Å². The maximum atomic E-state index is 12.2. The number of benzene rings is 1. The number of carbonyl (C=O) groups is 1. The van der Waals surface area contributed by atoms with Gasteiger partial charge in [-0.1, -0.05) is 19.1 Å². The van der Waals surface area contributed by atoms with Gasteiger partial charge in [0.25, 0.3) is 5.91 Å². The number of rotatable bonds is 5. The summed E-state index contributed by atoms with van der Waals surface area (Å²) in [6, 6.07) is 7.70. The lowest BCUT2D eigenvalue weighted by Crippen LogP contribution is -2.45. The normalized spacial score (nSPS) is 25.6. The largest absolute Gasteiger partial charge is 0.388 e. The maximum absolute atomic E-state index is 12.2. The standard InChI is InChI=1S/C17H25NO2S/c1-13-6-8-17(20,9-7-13)12-18-16(19)15-5-3-4-14(10-15)11-21-2/h3-5,10,13,20H,6-9,11-12H2,1-2H3,(H,18,19). The highest BCUT2D eigenvalue weighted by Gasteiger charge is 2.32. The van der Waals surface area contributed by atoms with Gasteiger partial charge in [-0.05, 0) is 55.6 Å². The number of aliphatic hydroxyl groups is 1. The highest BCUT2D eigenvalue weighted by Crippen LogP contribution is 2.31. The quantitative estimate of drug-likeness (QED) is 0.878. The topological polar surface area (TPSA) is 49.3 Å². The molecule has 0 aromatic heterocycles. The predicted molar refractivity (Wildman–Crippen MR) is 88.6 cm³/mol. The van der Waals surface area contributed by atoms with Crippen LogP contribution in [0.15, 0.2) is 24.3 Å². The molecule has 1 fully saturated rings. The fraction of sp³-hybridized carbons (Fsp3) is 0.588. The number of nitrogens with one attached hydrogen (secondary N) is 1. The minimum atomic E-state index is -0.723. The van der Waals surface area contributed by atoms with E-state index in [1.165, 1.54) is 0 Å². The maximum Gasteiger partial charge on any atom is 0.251 e. The summed E-state index contributed by atoms with van der Waals surface area (Å²) in [5.74, 6) is 1.50. The summed E-state index contributed by atoms with van der Waals surface area (Å²) in [7, 11) is 0. The van der Waals surface area contributed by atoms with Crippen molar-refractivity contribution in [3.63, 3.8) is 0 Å². The van der Waals surface area contributed by atoms with Crippen molar-refractivity contribution in [3.05, 3.63) is 35.4 Å². The second kappa shape index (κ2) is 7.32. The Morgan fingerprint density at radius 3 is 2.81 bits per heavy atom. The SMILES string of the molecule is CSCc1cccc(C(=O)NCC2(O)CCC(C)CC2)c1. The molecule has 3 nitrogen and oxygen atoms in total. The molecule has 116 valence electrons. The first kappa shape index (κ1) is 16.4. The summed E-state index contributed by atoms with van der Waals surface area (Å²) < 4.78 is 0. The molecule has 0 heterocycles. The van der Waals surface area contributed by atoms with E-state index < -0.39 is 5.60 Å². The molecule has 0 atom stereocenters. The van der Waals surface area contributed by atoms with Gasteiger partial charge in [0.15, 0.2) is 0 Å². The van der Waals surface area contributed by atoms with Crippen LogP contribution in [0.25, 0.3) is 0 Å². The van der Waals surface area contributed by atoms with E-state index in [1.807, 2.05) is 30.5 Å². The minimum Gasteiger partial charge on any atom is -0.388 e. The molecule has 1 aliphatic carbocycles. The summed E-state index contributed by atoms with van der Waals surface area (Å²) in [4.78, 5) is 12.2. The van der Waals surface area contributed by atoms with Crippen LogP contribution in [-0.2, 0) is 5.75 Å². The Morgan fingerprint density at radius 2 is 2.14 bits per heavy atom. The molecule has 0 unspecified atom stereocenters. The van der Waals surface area contributed by atoms with Crippen molar-refractivity contribution >= 4 is 17.7 Å². The summed E-state index contributed by atoms with van der Waals surface area (Å²) in [6.07, 6.45) is 5.68.